The molecule has 5 heteroatoms. The second kappa shape index (κ2) is 7.51. The van der Waals surface area contributed by atoms with E-state index in [0.29, 0.717) is 5.56 Å². The van der Waals surface area contributed by atoms with Gasteiger partial charge in [0.2, 0.25) is 5.91 Å². The Labute approximate surface area is 112 Å². The molecule has 0 aliphatic carbocycles. The third-order valence-electron chi connectivity index (χ3n) is 2.27. The van der Waals surface area contributed by atoms with Crippen LogP contribution in [0.5, 0.6) is 0 Å². The van der Waals surface area contributed by atoms with Gasteiger partial charge in [-0.3, -0.25) is 9.59 Å². The zero-order chi connectivity index (χ0) is 14.3. The highest BCUT2D eigenvalue weighted by Gasteiger charge is 2.07. The maximum Gasteiger partial charge on any atom is 0.307 e. The maximum absolute atomic E-state index is 12.9. The topological polar surface area (TPSA) is 55.4 Å². The highest BCUT2D eigenvalue weighted by atomic mass is 19.1. The molecular weight excluding hydrogens is 249 g/mol. The van der Waals surface area contributed by atoms with Gasteiger partial charge in [-0.1, -0.05) is 12.1 Å². The molecule has 0 radical (unpaired) electrons. The summed E-state index contributed by atoms with van der Waals surface area (Å²) < 4.78 is 17.8. The molecule has 0 aliphatic rings. The molecule has 0 heterocycles. The van der Waals surface area contributed by atoms with Crippen molar-refractivity contribution in [3.05, 3.63) is 35.6 Å². The molecule has 19 heavy (non-hydrogen) atoms. The predicted molar refractivity (Wildman–Crippen MR) is 69.0 cm³/mol. The van der Waals surface area contributed by atoms with Gasteiger partial charge in [-0.15, -0.1) is 0 Å². The standard InChI is InChI=1S/C14H18FNO3/c1-10(2)19-14(18)6-7-16-13(17)9-11-4-3-5-12(15)8-11/h3-5,8,10H,6-7,9H2,1-2H3,(H,16,17). The van der Waals surface area contributed by atoms with Crippen molar-refractivity contribution < 1.29 is 18.7 Å². The second-order valence-electron chi connectivity index (χ2n) is 4.45. The van der Waals surface area contributed by atoms with Crippen molar-refractivity contribution >= 4 is 11.9 Å². The largest absolute Gasteiger partial charge is 0.463 e. The molecule has 0 bridgehead atoms. The molecule has 0 aromatic heterocycles. The van der Waals surface area contributed by atoms with E-state index in [2.05, 4.69) is 5.32 Å². The first-order chi connectivity index (χ1) is 8.97. The molecule has 0 aliphatic heterocycles. The number of ether oxygens (including phenoxy) is 1. The second-order valence-corrected chi connectivity index (χ2v) is 4.45. The first kappa shape index (κ1) is 15.1. The van der Waals surface area contributed by atoms with Crippen molar-refractivity contribution in [1.82, 2.24) is 5.32 Å². The SMILES string of the molecule is CC(C)OC(=O)CCNC(=O)Cc1cccc(F)c1. The van der Waals surface area contributed by atoms with Crippen LogP contribution in [0.15, 0.2) is 24.3 Å². The van der Waals surface area contributed by atoms with Crippen LogP contribution in [0.1, 0.15) is 25.8 Å². The molecule has 1 aromatic rings. The average Bonchev–Trinajstić information content (AvgIpc) is 2.27. The number of hydrogen-bond donors (Lipinski definition) is 1. The molecule has 0 saturated heterocycles. The molecule has 1 rings (SSSR count). The van der Waals surface area contributed by atoms with Gasteiger partial charge in [0.05, 0.1) is 18.9 Å². The van der Waals surface area contributed by atoms with E-state index >= 15 is 0 Å². The Morgan fingerprint density at radius 1 is 1.37 bits per heavy atom. The number of carbonyl (C=O) groups excluding carboxylic acids is 2. The number of rotatable bonds is 6. The van der Waals surface area contributed by atoms with Crippen LogP contribution in [0.4, 0.5) is 4.39 Å². The van der Waals surface area contributed by atoms with E-state index in [-0.39, 0.29) is 43.2 Å². The summed E-state index contributed by atoms with van der Waals surface area (Å²) in [4.78, 5) is 22.8. The predicted octanol–water partition coefficient (Wildman–Crippen LogP) is 1.83. The zero-order valence-corrected chi connectivity index (χ0v) is 11.1. The van der Waals surface area contributed by atoms with Gasteiger partial charge in [0.1, 0.15) is 5.82 Å². The average molecular weight is 267 g/mol. The highest BCUT2D eigenvalue weighted by molar-refractivity contribution is 5.79. The molecule has 0 unspecified atom stereocenters. The molecule has 0 spiro atoms. The Balaban J connectivity index is 2.27. The number of benzene rings is 1. The lowest BCUT2D eigenvalue weighted by atomic mass is 10.1. The van der Waals surface area contributed by atoms with Crippen LogP contribution in [-0.4, -0.2) is 24.5 Å². The van der Waals surface area contributed by atoms with Gasteiger partial charge in [0.15, 0.2) is 0 Å². The quantitative estimate of drug-likeness (QED) is 0.800. The minimum atomic E-state index is -0.370. The third kappa shape index (κ3) is 6.55. The summed E-state index contributed by atoms with van der Waals surface area (Å²) >= 11 is 0. The minimum Gasteiger partial charge on any atom is -0.463 e. The third-order valence-corrected chi connectivity index (χ3v) is 2.27. The van der Waals surface area contributed by atoms with Crippen molar-refractivity contribution in [2.75, 3.05) is 6.54 Å². The lowest BCUT2D eigenvalue weighted by molar-refractivity contribution is -0.147. The summed E-state index contributed by atoms with van der Waals surface area (Å²) in [6.07, 6.45) is 0.0693. The van der Waals surface area contributed by atoms with Crippen molar-refractivity contribution in [3.8, 4) is 0 Å². The smallest absolute Gasteiger partial charge is 0.307 e. The summed E-state index contributed by atoms with van der Waals surface area (Å²) in [6, 6.07) is 5.86. The number of hydrogen-bond acceptors (Lipinski definition) is 3. The fourth-order valence-corrected chi connectivity index (χ4v) is 1.52. The minimum absolute atomic E-state index is 0.0942. The van der Waals surface area contributed by atoms with Gasteiger partial charge in [-0.2, -0.15) is 0 Å². The van der Waals surface area contributed by atoms with Crippen LogP contribution in [0.25, 0.3) is 0 Å². The van der Waals surface area contributed by atoms with Crippen molar-refractivity contribution in [2.24, 2.45) is 0 Å². The van der Waals surface area contributed by atoms with Crippen molar-refractivity contribution in [1.29, 1.82) is 0 Å². The fourth-order valence-electron chi connectivity index (χ4n) is 1.52. The Morgan fingerprint density at radius 3 is 2.74 bits per heavy atom. The maximum atomic E-state index is 12.9. The van der Waals surface area contributed by atoms with Crippen molar-refractivity contribution in [2.45, 2.75) is 32.8 Å². The van der Waals surface area contributed by atoms with E-state index in [0.717, 1.165) is 0 Å². The number of halogens is 1. The van der Waals surface area contributed by atoms with Crippen LogP contribution >= 0.6 is 0 Å². The van der Waals surface area contributed by atoms with Gasteiger partial charge in [-0.25, -0.2) is 4.39 Å². The van der Waals surface area contributed by atoms with E-state index < -0.39 is 0 Å². The Bertz CT molecular complexity index is 446. The van der Waals surface area contributed by atoms with Crippen LogP contribution in [0.3, 0.4) is 0 Å². The molecule has 0 atom stereocenters. The lowest BCUT2D eigenvalue weighted by Gasteiger charge is -2.08. The molecule has 104 valence electrons. The molecular formula is C14H18FNO3. The van der Waals surface area contributed by atoms with Gasteiger partial charge in [0, 0.05) is 6.54 Å². The molecule has 4 nitrogen and oxygen atoms in total. The summed E-state index contributed by atoms with van der Waals surface area (Å²) in [5.74, 6) is -0.963. The summed E-state index contributed by atoms with van der Waals surface area (Å²) in [6.45, 7) is 3.75. The van der Waals surface area contributed by atoms with E-state index in [4.69, 9.17) is 4.74 Å². The van der Waals surface area contributed by atoms with E-state index in [1.165, 1.54) is 12.1 Å². The Kier molecular flexibility index (Phi) is 5.99. The van der Waals surface area contributed by atoms with Gasteiger partial charge in [0.25, 0.3) is 0 Å². The molecule has 0 saturated carbocycles. The number of carbonyl (C=O) groups is 2. The monoisotopic (exact) mass is 267 g/mol. The number of esters is 1. The van der Waals surface area contributed by atoms with Crippen molar-refractivity contribution in [3.63, 3.8) is 0 Å². The molecule has 1 N–H and O–H groups in total. The first-order valence-corrected chi connectivity index (χ1v) is 6.18. The highest BCUT2D eigenvalue weighted by Crippen LogP contribution is 2.04. The number of nitrogens with one attached hydrogen (secondary N) is 1. The van der Waals surface area contributed by atoms with Gasteiger partial charge >= 0.3 is 5.97 Å². The van der Waals surface area contributed by atoms with Crippen LogP contribution < -0.4 is 5.32 Å². The van der Waals surface area contributed by atoms with Crippen LogP contribution in [0.2, 0.25) is 0 Å². The van der Waals surface area contributed by atoms with Crippen LogP contribution in [0, 0.1) is 5.82 Å². The fraction of sp³-hybridized carbons (Fsp3) is 0.429. The van der Waals surface area contributed by atoms with E-state index in [1.54, 1.807) is 26.0 Å². The summed E-state index contributed by atoms with van der Waals surface area (Å²) in [7, 11) is 0. The van der Waals surface area contributed by atoms with Gasteiger partial charge < -0.3 is 10.1 Å². The normalized spacial score (nSPS) is 10.3. The molecule has 1 amide bonds. The molecule has 0 fully saturated rings. The summed E-state index contributed by atoms with van der Waals surface area (Å²) in [5, 5.41) is 2.59. The Hall–Kier alpha value is -1.91. The Morgan fingerprint density at radius 2 is 2.11 bits per heavy atom. The first-order valence-electron chi connectivity index (χ1n) is 6.18. The van der Waals surface area contributed by atoms with Crippen LogP contribution in [-0.2, 0) is 20.7 Å². The zero-order valence-electron chi connectivity index (χ0n) is 11.1. The van der Waals surface area contributed by atoms with Gasteiger partial charge in [-0.05, 0) is 31.5 Å². The molecule has 1 aromatic carbocycles. The summed E-state index contributed by atoms with van der Waals surface area (Å²) in [5.41, 5.74) is 0.599. The lowest BCUT2D eigenvalue weighted by Crippen LogP contribution is -2.28. The van der Waals surface area contributed by atoms with E-state index in [9.17, 15) is 14.0 Å². The van der Waals surface area contributed by atoms with E-state index in [1.807, 2.05) is 0 Å². The number of amides is 1.